The molecule has 0 fully saturated rings. The second kappa shape index (κ2) is 6.73. The van der Waals surface area contributed by atoms with Crippen LogP contribution in [0.25, 0.3) is 0 Å². The molecule has 2 aromatic rings. The number of thioether (sulfide) groups is 1. The van der Waals surface area contributed by atoms with Gasteiger partial charge in [0.05, 0.1) is 0 Å². The molecule has 1 heterocycles. The van der Waals surface area contributed by atoms with Crippen LogP contribution < -0.4 is 5.32 Å². The molecule has 1 N–H and O–H groups in total. The highest BCUT2D eigenvalue weighted by molar-refractivity contribution is 7.98. The van der Waals surface area contributed by atoms with E-state index in [1.165, 1.54) is 16.0 Å². The highest BCUT2D eigenvalue weighted by Gasteiger charge is 2.18. The number of hydrogen-bond acceptors (Lipinski definition) is 3. The van der Waals surface area contributed by atoms with E-state index in [0.29, 0.717) is 12.0 Å². The molecule has 2 rings (SSSR count). The Balaban J connectivity index is 2.23. The van der Waals surface area contributed by atoms with E-state index in [1.807, 2.05) is 19.4 Å². The number of rotatable bonds is 5. The number of aromatic nitrogens is 1. The molecule has 0 aliphatic carbocycles. The molecule has 100 valence electrons. The number of hydrogen-bond donors (Lipinski definition) is 1. The molecular weight excluding hydrogens is 252 g/mol. The zero-order valence-corrected chi connectivity index (χ0v) is 12.4. The molecule has 1 aromatic carbocycles. The molecule has 3 heteroatoms. The van der Waals surface area contributed by atoms with E-state index in [0.717, 1.165) is 0 Å². The molecule has 0 bridgehead atoms. The number of nitrogens with zero attached hydrogens (tertiary/aromatic N) is 1. The van der Waals surface area contributed by atoms with Gasteiger partial charge in [-0.1, -0.05) is 19.1 Å². The van der Waals surface area contributed by atoms with Crippen LogP contribution in [0, 0.1) is 0 Å². The maximum atomic E-state index is 4.09. The summed E-state index contributed by atoms with van der Waals surface area (Å²) in [6.07, 6.45) is 5.81. The van der Waals surface area contributed by atoms with Gasteiger partial charge in [0.2, 0.25) is 0 Å². The summed E-state index contributed by atoms with van der Waals surface area (Å²) in [5.74, 6) is 0.410. The first-order valence-corrected chi connectivity index (χ1v) is 7.70. The molecule has 0 spiro atoms. The Kier molecular flexibility index (Phi) is 5.00. The SMILES string of the molecule is CNC(c1ccc(SC)cc1)C(C)c1ccncc1. The molecular formula is C16H20N2S. The van der Waals surface area contributed by atoms with Gasteiger partial charge in [0.25, 0.3) is 0 Å². The van der Waals surface area contributed by atoms with Gasteiger partial charge in [-0.05, 0) is 48.7 Å². The van der Waals surface area contributed by atoms with Gasteiger partial charge in [0.1, 0.15) is 0 Å². The van der Waals surface area contributed by atoms with Crippen LogP contribution in [-0.4, -0.2) is 18.3 Å². The van der Waals surface area contributed by atoms with Gasteiger partial charge in [0, 0.05) is 29.2 Å². The van der Waals surface area contributed by atoms with Crippen molar-refractivity contribution in [3.8, 4) is 0 Å². The van der Waals surface area contributed by atoms with Gasteiger partial charge in [-0.2, -0.15) is 0 Å². The first-order chi connectivity index (χ1) is 9.26. The second-order valence-electron chi connectivity index (χ2n) is 4.61. The minimum Gasteiger partial charge on any atom is -0.312 e. The van der Waals surface area contributed by atoms with E-state index in [-0.39, 0.29) is 0 Å². The lowest BCUT2D eigenvalue weighted by Crippen LogP contribution is -2.22. The fourth-order valence-corrected chi connectivity index (χ4v) is 2.78. The lowest BCUT2D eigenvalue weighted by Gasteiger charge is -2.24. The minimum absolute atomic E-state index is 0.318. The third kappa shape index (κ3) is 3.37. The van der Waals surface area contributed by atoms with E-state index in [9.17, 15) is 0 Å². The van der Waals surface area contributed by atoms with Crippen LogP contribution in [-0.2, 0) is 0 Å². The number of nitrogens with one attached hydrogen (secondary N) is 1. The highest BCUT2D eigenvalue weighted by atomic mass is 32.2. The molecule has 2 nitrogen and oxygen atoms in total. The average Bonchev–Trinajstić information content (AvgIpc) is 2.49. The lowest BCUT2D eigenvalue weighted by molar-refractivity contribution is 0.507. The Morgan fingerprint density at radius 2 is 1.63 bits per heavy atom. The third-order valence-corrected chi connectivity index (χ3v) is 4.26. The fourth-order valence-electron chi connectivity index (χ4n) is 2.38. The van der Waals surface area contributed by atoms with Crippen molar-refractivity contribution in [2.24, 2.45) is 0 Å². The Hall–Kier alpha value is -1.32. The van der Waals surface area contributed by atoms with Crippen molar-refractivity contribution in [2.75, 3.05) is 13.3 Å². The number of likely N-dealkylation sites (N-methyl/N-ethyl adjacent to an activating group) is 1. The summed E-state index contributed by atoms with van der Waals surface area (Å²) in [5, 5.41) is 3.43. The van der Waals surface area contributed by atoms with E-state index in [4.69, 9.17) is 0 Å². The van der Waals surface area contributed by atoms with Crippen LogP contribution in [0.2, 0.25) is 0 Å². The molecule has 0 saturated carbocycles. The zero-order valence-electron chi connectivity index (χ0n) is 11.6. The van der Waals surface area contributed by atoms with E-state index in [1.54, 1.807) is 11.8 Å². The first-order valence-electron chi connectivity index (χ1n) is 6.47. The lowest BCUT2D eigenvalue weighted by atomic mass is 9.89. The third-order valence-electron chi connectivity index (χ3n) is 3.52. The Bertz CT molecular complexity index is 496. The molecule has 1 aromatic heterocycles. The predicted octanol–water partition coefficient (Wildman–Crippen LogP) is 3.87. The van der Waals surface area contributed by atoms with Crippen LogP contribution in [0.1, 0.15) is 30.0 Å². The molecule has 2 atom stereocenters. The summed E-state index contributed by atoms with van der Waals surface area (Å²) in [6.45, 7) is 2.25. The van der Waals surface area contributed by atoms with Crippen LogP contribution in [0.4, 0.5) is 0 Å². The number of pyridine rings is 1. The molecule has 2 unspecified atom stereocenters. The van der Waals surface area contributed by atoms with Crippen molar-refractivity contribution >= 4 is 11.8 Å². The topological polar surface area (TPSA) is 24.9 Å². The molecule has 0 amide bonds. The van der Waals surface area contributed by atoms with Crippen LogP contribution >= 0.6 is 11.8 Å². The molecule has 0 aliphatic rings. The van der Waals surface area contributed by atoms with Crippen LogP contribution in [0.15, 0.2) is 53.7 Å². The van der Waals surface area contributed by atoms with Gasteiger partial charge in [0.15, 0.2) is 0 Å². The largest absolute Gasteiger partial charge is 0.312 e. The molecule has 0 saturated heterocycles. The van der Waals surface area contributed by atoms with E-state index >= 15 is 0 Å². The quantitative estimate of drug-likeness (QED) is 0.836. The van der Waals surface area contributed by atoms with E-state index < -0.39 is 0 Å². The fraction of sp³-hybridized carbons (Fsp3) is 0.312. The van der Waals surface area contributed by atoms with E-state index in [2.05, 4.69) is 59.9 Å². The molecule has 0 radical (unpaired) electrons. The summed E-state index contributed by atoms with van der Waals surface area (Å²) in [6, 6.07) is 13.3. The van der Waals surface area contributed by atoms with Crippen molar-refractivity contribution in [1.29, 1.82) is 0 Å². The standard InChI is InChI=1S/C16H20N2S/c1-12(13-8-10-18-11-9-13)16(17-2)14-4-6-15(19-3)7-5-14/h4-12,16-17H,1-3H3. The van der Waals surface area contributed by atoms with Gasteiger partial charge in [-0.25, -0.2) is 0 Å². The molecule has 0 aliphatic heterocycles. The smallest absolute Gasteiger partial charge is 0.0384 e. The van der Waals surface area contributed by atoms with Gasteiger partial charge >= 0.3 is 0 Å². The summed E-state index contributed by atoms with van der Waals surface area (Å²) >= 11 is 1.77. The van der Waals surface area contributed by atoms with Crippen molar-refractivity contribution < 1.29 is 0 Å². The maximum Gasteiger partial charge on any atom is 0.0384 e. The highest BCUT2D eigenvalue weighted by Crippen LogP contribution is 2.30. The summed E-state index contributed by atoms with van der Waals surface area (Å²) in [4.78, 5) is 5.39. The normalized spacial score (nSPS) is 14.1. The van der Waals surface area contributed by atoms with Crippen LogP contribution in [0.3, 0.4) is 0 Å². The summed E-state index contributed by atoms with van der Waals surface area (Å²) < 4.78 is 0. The van der Waals surface area contributed by atoms with Gasteiger partial charge in [-0.3, -0.25) is 4.98 Å². The first kappa shape index (κ1) is 14.1. The molecule has 19 heavy (non-hydrogen) atoms. The van der Waals surface area contributed by atoms with Gasteiger partial charge < -0.3 is 5.32 Å². The maximum absolute atomic E-state index is 4.09. The van der Waals surface area contributed by atoms with Crippen LogP contribution in [0.5, 0.6) is 0 Å². The summed E-state index contributed by atoms with van der Waals surface area (Å²) in [5.41, 5.74) is 2.63. The van der Waals surface area contributed by atoms with Crippen molar-refractivity contribution in [1.82, 2.24) is 10.3 Å². The van der Waals surface area contributed by atoms with Gasteiger partial charge in [-0.15, -0.1) is 11.8 Å². The minimum atomic E-state index is 0.318. The average molecular weight is 272 g/mol. The predicted molar refractivity (Wildman–Crippen MR) is 82.7 cm³/mol. The van der Waals surface area contributed by atoms with Crippen molar-refractivity contribution in [3.63, 3.8) is 0 Å². The summed E-state index contributed by atoms with van der Waals surface area (Å²) in [7, 11) is 2.02. The van der Waals surface area contributed by atoms with Crippen molar-refractivity contribution in [2.45, 2.75) is 23.8 Å². The monoisotopic (exact) mass is 272 g/mol. The second-order valence-corrected chi connectivity index (χ2v) is 5.49. The Labute approximate surface area is 119 Å². The number of benzene rings is 1. The zero-order chi connectivity index (χ0) is 13.7. The van der Waals surface area contributed by atoms with Crippen molar-refractivity contribution in [3.05, 3.63) is 59.9 Å². The Morgan fingerprint density at radius 3 is 2.16 bits per heavy atom. The Morgan fingerprint density at radius 1 is 1.00 bits per heavy atom.